The summed E-state index contributed by atoms with van der Waals surface area (Å²) in [6.45, 7) is 1.37. The molecule has 2 aromatic rings. The van der Waals surface area contributed by atoms with Crippen LogP contribution in [0.5, 0.6) is 0 Å². The topological polar surface area (TPSA) is 108 Å². The quantitative estimate of drug-likeness (QED) is 0.610. The largest absolute Gasteiger partial charge is 0.426 e. The molecule has 2 heterocycles. The van der Waals surface area contributed by atoms with Crippen molar-refractivity contribution in [3.63, 3.8) is 0 Å². The first kappa shape index (κ1) is 17.3. The summed E-state index contributed by atoms with van der Waals surface area (Å²) in [5.74, 6) is -1.61. The molecule has 0 N–H and O–H groups in total. The number of hydrogen-bond donors (Lipinski definition) is 0. The van der Waals surface area contributed by atoms with Crippen LogP contribution in [-0.2, 0) is 17.6 Å². The lowest BCUT2D eigenvalue weighted by molar-refractivity contribution is -0.128. The van der Waals surface area contributed by atoms with E-state index in [1.807, 2.05) is 6.07 Å². The van der Waals surface area contributed by atoms with Gasteiger partial charge in [0.1, 0.15) is 5.76 Å². The zero-order valence-corrected chi connectivity index (χ0v) is 13.9. The summed E-state index contributed by atoms with van der Waals surface area (Å²) in [5.41, 5.74) is 0.765. The van der Waals surface area contributed by atoms with Crippen molar-refractivity contribution in [1.29, 1.82) is 5.26 Å². The predicted octanol–water partition coefficient (Wildman–Crippen LogP) is 1.48. The second-order valence-corrected chi connectivity index (χ2v) is 5.82. The minimum Gasteiger partial charge on any atom is -0.426 e. The summed E-state index contributed by atoms with van der Waals surface area (Å²) in [7, 11) is 0. The third-order valence-electron chi connectivity index (χ3n) is 4.21. The first-order valence-corrected chi connectivity index (χ1v) is 7.98. The Labute approximate surface area is 148 Å². The molecule has 0 saturated carbocycles. The summed E-state index contributed by atoms with van der Waals surface area (Å²) in [4.78, 5) is 49.9. The maximum Gasteiger partial charge on any atom is 0.336 e. The Morgan fingerprint density at radius 1 is 1.23 bits per heavy atom. The molecule has 0 unspecified atom stereocenters. The molecule has 1 aliphatic rings. The van der Waals surface area contributed by atoms with Crippen LogP contribution in [0.2, 0.25) is 0 Å². The molecule has 130 valence electrons. The summed E-state index contributed by atoms with van der Waals surface area (Å²) < 4.78 is 5.01. The second-order valence-electron chi connectivity index (χ2n) is 5.82. The molecular weight excluding hydrogens is 336 g/mol. The average molecular weight is 350 g/mol. The van der Waals surface area contributed by atoms with E-state index in [1.165, 1.54) is 30.3 Å². The van der Waals surface area contributed by atoms with Crippen molar-refractivity contribution in [3.8, 4) is 6.07 Å². The number of hydrogen-bond acceptors (Lipinski definition) is 6. The van der Waals surface area contributed by atoms with Crippen molar-refractivity contribution >= 4 is 17.6 Å². The van der Waals surface area contributed by atoms with Gasteiger partial charge < -0.3 is 4.42 Å². The van der Waals surface area contributed by atoms with Gasteiger partial charge in [-0.15, -0.1) is 0 Å². The van der Waals surface area contributed by atoms with Crippen LogP contribution in [-0.4, -0.2) is 29.0 Å². The number of imide groups is 1. The van der Waals surface area contributed by atoms with Gasteiger partial charge in [0.05, 0.1) is 30.2 Å². The highest BCUT2D eigenvalue weighted by molar-refractivity contribution is 6.13. The van der Waals surface area contributed by atoms with E-state index in [-0.39, 0.29) is 17.7 Å². The highest BCUT2D eigenvalue weighted by Gasteiger charge is 2.36. The maximum absolute atomic E-state index is 12.7. The van der Waals surface area contributed by atoms with Gasteiger partial charge in [-0.05, 0) is 24.1 Å². The average Bonchev–Trinajstić information content (AvgIpc) is 2.63. The van der Waals surface area contributed by atoms with Crippen LogP contribution < -0.4 is 5.63 Å². The third-order valence-corrected chi connectivity index (χ3v) is 4.21. The Kier molecular flexibility index (Phi) is 4.50. The lowest BCUT2D eigenvalue weighted by Gasteiger charge is -2.26. The molecule has 0 atom stereocenters. The normalized spacial score (nSPS) is 13.3. The predicted molar refractivity (Wildman–Crippen MR) is 89.6 cm³/mol. The third kappa shape index (κ3) is 3.05. The van der Waals surface area contributed by atoms with Gasteiger partial charge in [-0.1, -0.05) is 19.1 Å². The number of carbonyl (C=O) groups is 3. The van der Waals surface area contributed by atoms with Crippen molar-refractivity contribution in [3.05, 3.63) is 68.8 Å². The van der Waals surface area contributed by atoms with Gasteiger partial charge in [0.25, 0.3) is 5.91 Å². The molecule has 0 radical (unpaired) electrons. The minimum absolute atomic E-state index is 0.0476. The number of ketones is 1. The van der Waals surface area contributed by atoms with Crippen molar-refractivity contribution < 1.29 is 18.8 Å². The molecule has 1 aromatic carbocycles. The smallest absolute Gasteiger partial charge is 0.336 e. The Morgan fingerprint density at radius 2 is 1.92 bits per heavy atom. The SMILES string of the molecule is CCc1cc(=O)oc2c1C(=O)N(CC(=O)c1ccc(C#N)cc1)C(=O)C2. The summed E-state index contributed by atoms with van der Waals surface area (Å²) in [5, 5.41) is 8.80. The summed E-state index contributed by atoms with van der Waals surface area (Å²) in [6, 6.07) is 9.12. The monoisotopic (exact) mass is 350 g/mol. The number of rotatable bonds is 4. The number of fused-ring (bicyclic) bond motifs is 1. The first-order chi connectivity index (χ1) is 12.4. The van der Waals surface area contributed by atoms with E-state index < -0.39 is 29.8 Å². The minimum atomic E-state index is -0.640. The molecule has 0 aliphatic carbocycles. The van der Waals surface area contributed by atoms with Crippen LogP contribution in [0.15, 0.2) is 39.5 Å². The van der Waals surface area contributed by atoms with Gasteiger partial charge in [0.2, 0.25) is 5.91 Å². The summed E-state index contributed by atoms with van der Waals surface area (Å²) >= 11 is 0. The van der Waals surface area contributed by atoms with E-state index in [2.05, 4.69) is 0 Å². The number of carbonyl (C=O) groups excluding carboxylic acids is 3. The van der Waals surface area contributed by atoms with Gasteiger partial charge in [-0.2, -0.15) is 5.26 Å². The molecule has 0 spiro atoms. The van der Waals surface area contributed by atoms with Crippen LogP contribution in [0.25, 0.3) is 0 Å². The Balaban J connectivity index is 1.90. The van der Waals surface area contributed by atoms with Crippen LogP contribution in [0.4, 0.5) is 0 Å². The van der Waals surface area contributed by atoms with Gasteiger partial charge in [-0.25, -0.2) is 4.79 Å². The zero-order chi connectivity index (χ0) is 18.8. The molecule has 1 aromatic heterocycles. The molecule has 0 fully saturated rings. The lowest BCUT2D eigenvalue weighted by atomic mass is 9.98. The van der Waals surface area contributed by atoms with Gasteiger partial charge in [-0.3, -0.25) is 19.3 Å². The molecule has 7 nitrogen and oxygen atoms in total. The maximum atomic E-state index is 12.7. The second kappa shape index (κ2) is 6.76. The van der Waals surface area contributed by atoms with E-state index in [9.17, 15) is 19.2 Å². The standard InChI is InChI=1S/C19H14N2O5/c1-2-12-7-17(24)26-15-8-16(23)21(19(25)18(12)15)10-14(22)13-5-3-11(9-20)4-6-13/h3-7H,2,8,10H2,1H3. The van der Waals surface area contributed by atoms with E-state index >= 15 is 0 Å². The van der Waals surface area contributed by atoms with Crippen LogP contribution in [0, 0.1) is 11.3 Å². The van der Waals surface area contributed by atoms with Crippen LogP contribution >= 0.6 is 0 Å². The number of amides is 2. The van der Waals surface area contributed by atoms with E-state index in [1.54, 1.807) is 6.92 Å². The molecule has 3 rings (SSSR count). The van der Waals surface area contributed by atoms with E-state index in [0.717, 1.165) is 4.90 Å². The number of Topliss-reactive ketones (excluding diaryl/α,β-unsaturated/α-hetero) is 1. The molecule has 1 aliphatic heterocycles. The van der Waals surface area contributed by atoms with Gasteiger partial charge in [0, 0.05) is 11.6 Å². The van der Waals surface area contributed by atoms with Crippen molar-refractivity contribution in [1.82, 2.24) is 4.90 Å². The molecule has 0 bridgehead atoms. The number of nitriles is 1. The molecular formula is C19H14N2O5. The van der Waals surface area contributed by atoms with Crippen molar-refractivity contribution in [2.45, 2.75) is 19.8 Å². The molecule has 7 heteroatoms. The van der Waals surface area contributed by atoms with Gasteiger partial charge in [0.15, 0.2) is 5.78 Å². The van der Waals surface area contributed by atoms with E-state index in [0.29, 0.717) is 23.1 Å². The fraction of sp³-hybridized carbons (Fsp3) is 0.211. The van der Waals surface area contributed by atoms with Crippen LogP contribution in [0.3, 0.4) is 0 Å². The fourth-order valence-corrected chi connectivity index (χ4v) is 2.86. The first-order valence-electron chi connectivity index (χ1n) is 7.98. The Morgan fingerprint density at radius 3 is 2.54 bits per heavy atom. The van der Waals surface area contributed by atoms with Crippen molar-refractivity contribution in [2.75, 3.05) is 6.54 Å². The number of aryl methyl sites for hydroxylation is 1. The summed E-state index contributed by atoms with van der Waals surface area (Å²) in [6.07, 6.45) is 0.177. The zero-order valence-electron chi connectivity index (χ0n) is 13.9. The number of benzene rings is 1. The Bertz CT molecular complexity index is 1010. The van der Waals surface area contributed by atoms with Gasteiger partial charge >= 0.3 is 5.63 Å². The molecule has 0 saturated heterocycles. The highest BCUT2D eigenvalue weighted by atomic mass is 16.4. The fourth-order valence-electron chi connectivity index (χ4n) is 2.86. The number of nitrogens with zero attached hydrogens (tertiary/aromatic N) is 2. The molecule has 26 heavy (non-hydrogen) atoms. The van der Waals surface area contributed by atoms with E-state index in [4.69, 9.17) is 9.68 Å². The molecule has 2 amide bonds. The Hall–Kier alpha value is -3.53. The van der Waals surface area contributed by atoms with Crippen LogP contribution in [0.1, 0.15) is 44.5 Å². The highest BCUT2D eigenvalue weighted by Crippen LogP contribution is 2.23. The van der Waals surface area contributed by atoms with Crippen molar-refractivity contribution in [2.24, 2.45) is 0 Å². The lowest BCUT2D eigenvalue weighted by Crippen LogP contribution is -2.45.